The molecule has 1 aliphatic heterocycles. The molecule has 0 unspecified atom stereocenters. The number of benzene rings is 1. The number of pyridine rings is 2. The van der Waals surface area contributed by atoms with Crippen molar-refractivity contribution in [2.75, 3.05) is 0 Å². The van der Waals surface area contributed by atoms with Crippen LogP contribution < -0.4 is 5.43 Å². The Morgan fingerprint density at radius 2 is 2.00 bits per heavy atom. The second-order valence-electron chi connectivity index (χ2n) is 9.25. The van der Waals surface area contributed by atoms with E-state index in [4.69, 9.17) is 4.74 Å². The third-order valence-electron chi connectivity index (χ3n) is 7.16. The summed E-state index contributed by atoms with van der Waals surface area (Å²) in [5.41, 5.74) is 1.13. The van der Waals surface area contributed by atoms with Gasteiger partial charge < -0.3 is 19.9 Å². The number of hydrogen-bond donors (Lipinski definition) is 3. The Bertz CT molecular complexity index is 1240. The number of aliphatic hydroxyl groups excluding tert-OH is 1. The number of carbonyl (C=O) groups excluding carboxylic acids is 1. The average Bonchev–Trinajstić information content (AvgIpc) is 2.85. The first-order valence-corrected chi connectivity index (χ1v) is 11.8. The number of hydrogen-bond acceptors (Lipinski definition) is 6. The van der Waals surface area contributed by atoms with Gasteiger partial charge >= 0.3 is 0 Å². The summed E-state index contributed by atoms with van der Waals surface area (Å²) in [6.45, 7) is 0. The van der Waals surface area contributed by atoms with Crippen molar-refractivity contribution in [3.8, 4) is 11.1 Å². The van der Waals surface area contributed by atoms with E-state index in [9.17, 15) is 19.8 Å². The molecule has 7 heteroatoms. The number of H-pyrrole nitrogens is 1. The van der Waals surface area contributed by atoms with E-state index in [1.807, 2.05) is 30.3 Å². The molecule has 1 aromatic carbocycles. The van der Waals surface area contributed by atoms with E-state index in [0.717, 1.165) is 24.0 Å². The summed E-state index contributed by atoms with van der Waals surface area (Å²) in [6, 6.07) is 11.0. The number of rotatable bonds is 5. The quantitative estimate of drug-likeness (QED) is 0.504. The summed E-state index contributed by atoms with van der Waals surface area (Å²) in [5, 5.41) is 21.7. The molecule has 0 spiro atoms. The normalized spacial score (nSPS) is 26.6. The number of Topliss-reactive ketones (excluding diaryl/α,β-unsaturated/α-hetero) is 1. The highest BCUT2D eigenvalue weighted by Crippen LogP contribution is 2.44. The number of aromatic nitrogens is 2. The number of ether oxygens (including phenoxy) is 1. The minimum atomic E-state index is -1.22. The highest BCUT2D eigenvalue weighted by atomic mass is 16.5. The zero-order valence-corrected chi connectivity index (χ0v) is 18.8. The number of ketones is 1. The largest absolute Gasteiger partial charge is 0.390 e. The van der Waals surface area contributed by atoms with E-state index >= 15 is 0 Å². The van der Waals surface area contributed by atoms with Gasteiger partial charge in [-0.1, -0.05) is 43.2 Å². The zero-order chi connectivity index (χ0) is 23.7. The fourth-order valence-corrected chi connectivity index (χ4v) is 5.27. The zero-order valence-electron chi connectivity index (χ0n) is 18.8. The van der Waals surface area contributed by atoms with E-state index in [1.165, 1.54) is 6.20 Å². The van der Waals surface area contributed by atoms with Crippen LogP contribution in [0.4, 0.5) is 0 Å². The van der Waals surface area contributed by atoms with Crippen LogP contribution in [0.1, 0.15) is 59.7 Å². The second-order valence-corrected chi connectivity index (χ2v) is 9.25. The molecular formula is C27H28N2O5. The number of aliphatic hydroxyl groups is 2. The molecule has 3 N–H and O–H groups in total. The van der Waals surface area contributed by atoms with E-state index < -0.39 is 23.9 Å². The average molecular weight is 461 g/mol. The molecule has 1 aliphatic carbocycles. The minimum absolute atomic E-state index is 0.0185. The van der Waals surface area contributed by atoms with Crippen LogP contribution >= 0.6 is 0 Å². The Kier molecular flexibility index (Phi) is 6.16. The van der Waals surface area contributed by atoms with Crippen LogP contribution in [0.25, 0.3) is 11.1 Å². The summed E-state index contributed by atoms with van der Waals surface area (Å²) in [7, 11) is 0. The van der Waals surface area contributed by atoms with Crippen molar-refractivity contribution < 1.29 is 19.7 Å². The SMILES string of the molecule is O=C(Cc1cnccc1[C@@H]1C[C@H](O)[C@]2(O)CCCC[C@@H]2O1)c1c[nH]cc(-c2ccccc2)c1=O. The number of nitrogens with zero attached hydrogens (tertiary/aromatic N) is 1. The van der Waals surface area contributed by atoms with Gasteiger partial charge in [0.1, 0.15) is 5.60 Å². The topological polar surface area (TPSA) is 113 Å². The van der Waals surface area contributed by atoms with Crippen molar-refractivity contribution in [1.82, 2.24) is 9.97 Å². The molecule has 3 aromatic rings. The van der Waals surface area contributed by atoms with Crippen LogP contribution in [0.2, 0.25) is 0 Å². The van der Waals surface area contributed by atoms with E-state index in [0.29, 0.717) is 24.0 Å². The molecule has 2 aliphatic rings. The van der Waals surface area contributed by atoms with Gasteiger partial charge in [-0.25, -0.2) is 0 Å². The highest BCUT2D eigenvalue weighted by Gasteiger charge is 2.51. The van der Waals surface area contributed by atoms with Crippen LogP contribution in [0.15, 0.2) is 66.0 Å². The first-order chi connectivity index (χ1) is 16.5. The van der Waals surface area contributed by atoms with Gasteiger partial charge in [0.15, 0.2) is 11.2 Å². The molecular weight excluding hydrogens is 432 g/mol. The Balaban J connectivity index is 1.41. The lowest BCUT2D eigenvalue weighted by Gasteiger charge is -2.49. The lowest BCUT2D eigenvalue weighted by Crippen LogP contribution is -2.58. The number of fused-ring (bicyclic) bond motifs is 1. The van der Waals surface area contributed by atoms with Gasteiger partial charge in [-0.3, -0.25) is 14.6 Å². The molecule has 34 heavy (non-hydrogen) atoms. The van der Waals surface area contributed by atoms with Gasteiger partial charge in [-0.05, 0) is 35.6 Å². The maximum Gasteiger partial charge on any atom is 0.200 e. The Labute approximate surface area is 197 Å². The van der Waals surface area contributed by atoms with Crippen molar-refractivity contribution in [3.05, 3.63) is 88.1 Å². The molecule has 4 atom stereocenters. The summed E-state index contributed by atoms with van der Waals surface area (Å²) < 4.78 is 6.26. The lowest BCUT2D eigenvalue weighted by atomic mass is 9.74. The van der Waals surface area contributed by atoms with Crippen molar-refractivity contribution in [3.63, 3.8) is 0 Å². The fourth-order valence-electron chi connectivity index (χ4n) is 5.27. The summed E-state index contributed by atoms with van der Waals surface area (Å²) in [4.78, 5) is 33.4. The first-order valence-electron chi connectivity index (χ1n) is 11.8. The molecule has 1 saturated carbocycles. The van der Waals surface area contributed by atoms with Crippen LogP contribution in [0, 0.1) is 0 Å². The van der Waals surface area contributed by atoms with Gasteiger partial charge in [-0.15, -0.1) is 0 Å². The third-order valence-corrected chi connectivity index (χ3v) is 7.16. The third kappa shape index (κ3) is 4.11. The minimum Gasteiger partial charge on any atom is -0.390 e. The molecule has 176 valence electrons. The Morgan fingerprint density at radius 1 is 1.18 bits per heavy atom. The molecule has 1 saturated heterocycles. The second kappa shape index (κ2) is 9.25. The van der Waals surface area contributed by atoms with Crippen molar-refractivity contribution in [2.24, 2.45) is 0 Å². The molecule has 3 heterocycles. The smallest absolute Gasteiger partial charge is 0.200 e. The lowest BCUT2D eigenvalue weighted by molar-refractivity contribution is -0.242. The van der Waals surface area contributed by atoms with Gasteiger partial charge in [0.2, 0.25) is 0 Å². The molecule has 5 rings (SSSR count). The summed E-state index contributed by atoms with van der Waals surface area (Å²) in [6.07, 6.45) is 7.70. The predicted molar refractivity (Wildman–Crippen MR) is 126 cm³/mol. The highest BCUT2D eigenvalue weighted by molar-refractivity contribution is 5.98. The number of nitrogens with one attached hydrogen (secondary N) is 1. The Hall–Kier alpha value is -3.13. The maximum atomic E-state index is 13.2. The van der Waals surface area contributed by atoms with Crippen molar-refractivity contribution >= 4 is 5.78 Å². The van der Waals surface area contributed by atoms with Crippen LogP contribution in [0.3, 0.4) is 0 Å². The summed E-state index contributed by atoms with van der Waals surface area (Å²) in [5.74, 6) is -0.321. The van der Waals surface area contributed by atoms with Crippen molar-refractivity contribution in [2.45, 2.75) is 62.4 Å². The standard InChI is InChI=1S/C27H28N2O5/c30-22(21-16-29-15-20(26(21)32)17-6-2-1-3-7-17)12-18-14-28-11-9-19(18)23-13-24(31)27(33)10-5-4-8-25(27)34-23/h1-3,6-7,9,11,14-16,23-25,31,33H,4-5,8,10,12-13H2,(H,29,32)/t23-,24-,25-,27+/m0/s1. The van der Waals surface area contributed by atoms with Gasteiger partial charge in [0, 0.05) is 43.2 Å². The molecule has 2 fully saturated rings. The fraction of sp³-hybridized carbons (Fsp3) is 0.370. The van der Waals surface area contributed by atoms with Gasteiger partial charge in [0.05, 0.1) is 23.9 Å². The van der Waals surface area contributed by atoms with Gasteiger partial charge in [0.25, 0.3) is 0 Å². The number of aromatic amines is 1. The van der Waals surface area contributed by atoms with Crippen molar-refractivity contribution in [1.29, 1.82) is 0 Å². The molecule has 0 radical (unpaired) electrons. The molecule has 0 bridgehead atoms. The first kappa shape index (κ1) is 22.7. The van der Waals surface area contributed by atoms with E-state index in [1.54, 1.807) is 24.7 Å². The molecule has 7 nitrogen and oxygen atoms in total. The van der Waals surface area contributed by atoms with Crippen LogP contribution in [-0.4, -0.2) is 43.8 Å². The molecule has 0 amide bonds. The maximum absolute atomic E-state index is 13.2. The summed E-state index contributed by atoms with van der Waals surface area (Å²) >= 11 is 0. The van der Waals surface area contributed by atoms with Gasteiger partial charge in [-0.2, -0.15) is 0 Å². The van der Waals surface area contributed by atoms with E-state index in [2.05, 4.69) is 9.97 Å². The monoisotopic (exact) mass is 460 g/mol. The predicted octanol–water partition coefficient (Wildman–Crippen LogP) is 3.36. The van der Waals surface area contributed by atoms with Crippen LogP contribution in [-0.2, 0) is 11.2 Å². The van der Waals surface area contributed by atoms with Crippen LogP contribution in [0.5, 0.6) is 0 Å². The number of carbonyl (C=O) groups is 1. The Morgan fingerprint density at radius 3 is 2.82 bits per heavy atom. The molecule has 2 aromatic heterocycles. The van der Waals surface area contributed by atoms with E-state index in [-0.39, 0.29) is 29.6 Å².